The van der Waals surface area contributed by atoms with Crippen LogP contribution in [-0.2, 0) is 9.47 Å². The van der Waals surface area contributed by atoms with Gasteiger partial charge in [0.2, 0.25) is 0 Å². The Kier molecular flexibility index (Phi) is 4.26. The number of fused-ring (bicyclic) bond motifs is 1. The Morgan fingerprint density at radius 3 is 2.41 bits per heavy atom. The molecule has 0 aromatic heterocycles. The van der Waals surface area contributed by atoms with Crippen LogP contribution in [0.5, 0.6) is 0 Å². The van der Waals surface area contributed by atoms with Crippen LogP contribution in [0.25, 0.3) is 10.8 Å². The lowest BCUT2D eigenvalue weighted by molar-refractivity contribution is 0.0601. The van der Waals surface area contributed by atoms with Gasteiger partial charge in [-0.3, -0.25) is 10.7 Å². The molecular formula is C15H15N3O4. The number of methoxy groups -OCH3 is 2. The van der Waals surface area contributed by atoms with Crippen molar-refractivity contribution in [2.75, 3.05) is 19.5 Å². The average Bonchev–Trinajstić information content (AvgIpc) is 2.53. The minimum atomic E-state index is -0.670. The van der Waals surface area contributed by atoms with Gasteiger partial charge in [0.1, 0.15) is 5.84 Å². The van der Waals surface area contributed by atoms with Gasteiger partial charge in [0, 0.05) is 10.9 Å². The highest BCUT2D eigenvalue weighted by Gasteiger charge is 2.13. The number of esters is 1. The van der Waals surface area contributed by atoms with Crippen LogP contribution in [0.2, 0.25) is 0 Å². The Balaban J connectivity index is 2.67. The third kappa shape index (κ3) is 2.98. The smallest absolute Gasteiger partial charge is 0.411 e. The lowest BCUT2D eigenvalue weighted by Gasteiger charge is -2.11. The molecule has 0 heterocycles. The molecule has 0 saturated heterocycles. The predicted octanol–water partition coefficient (Wildman–Crippen LogP) is 2.09. The first-order chi connectivity index (χ1) is 10.5. The number of hydrogen-bond donors (Lipinski definition) is 3. The number of carbonyl (C=O) groups excluding carboxylic acids is 2. The highest BCUT2D eigenvalue weighted by atomic mass is 16.5. The van der Waals surface area contributed by atoms with Gasteiger partial charge in [-0.1, -0.05) is 12.1 Å². The summed E-state index contributed by atoms with van der Waals surface area (Å²) in [4.78, 5) is 23.2. The van der Waals surface area contributed by atoms with E-state index in [9.17, 15) is 9.59 Å². The van der Waals surface area contributed by atoms with Crippen LogP contribution in [0.1, 0.15) is 15.9 Å². The third-order valence-electron chi connectivity index (χ3n) is 3.11. The maximum Gasteiger partial charge on any atom is 0.411 e. The van der Waals surface area contributed by atoms with E-state index in [0.29, 0.717) is 22.0 Å². The molecule has 0 atom stereocenters. The van der Waals surface area contributed by atoms with Crippen LogP contribution in [0.4, 0.5) is 10.5 Å². The first kappa shape index (κ1) is 15.3. The fourth-order valence-electron chi connectivity index (χ4n) is 2.03. The van der Waals surface area contributed by atoms with Crippen LogP contribution < -0.4 is 11.1 Å². The molecule has 2 aromatic carbocycles. The number of carbonyl (C=O) groups is 2. The van der Waals surface area contributed by atoms with E-state index in [2.05, 4.69) is 10.1 Å². The van der Waals surface area contributed by atoms with Gasteiger partial charge in [0.15, 0.2) is 0 Å². The minimum absolute atomic E-state index is 0.0945. The number of ether oxygens (including phenoxy) is 2. The molecule has 7 heteroatoms. The van der Waals surface area contributed by atoms with E-state index in [0.717, 1.165) is 0 Å². The van der Waals surface area contributed by atoms with Crippen LogP contribution in [0.15, 0.2) is 30.3 Å². The largest absolute Gasteiger partial charge is 0.465 e. The van der Waals surface area contributed by atoms with Crippen molar-refractivity contribution >= 4 is 34.4 Å². The number of nitrogen functional groups attached to an aromatic ring is 1. The Hall–Kier alpha value is -3.09. The molecule has 114 valence electrons. The lowest BCUT2D eigenvalue weighted by atomic mass is 10.0. The normalized spacial score (nSPS) is 10.1. The molecule has 22 heavy (non-hydrogen) atoms. The summed E-state index contributed by atoms with van der Waals surface area (Å²) < 4.78 is 9.27. The summed E-state index contributed by atoms with van der Waals surface area (Å²) in [5.74, 6) is -0.617. The maximum absolute atomic E-state index is 11.7. The van der Waals surface area contributed by atoms with Gasteiger partial charge in [-0.05, 0) is 23.6 Å². The number of nitrogens with two attached hydrogens (primary N) is 1. The summed E-state index contributed by atoms with van der Waals surface area (Å²) in [7, 11) is 2.52. The molecule has 0 radical (unpaired) electrons. The molecule has 1 amide bonds. The molecule has 2 aromatic rings. The van der Waals surface area contributed by atoms with Crippen molar-refractivity contribution in [3.63, 3.8) is 0 Å². The standard InChI is InChI=1S/C15H15N3O4/c1-21-14(19)10-5-8-3-4-9(13(16)17)6-11(8)12(7-10)18-15(20)22-2/h3-7H,1-2H3,(H3,16,17)(H,18,20). The molecule has 0 aliphatic heterocycles. The number of hydrogen-bond acceptors (Lipinski definition) is 5. The zero-order valence-corrected chi connectivity index (χ0v) is 12.1. The van der Waals surface area contributed by atoms with E-state index in [4.69, 9.17) is 15.9 Å². The Morgan fingerprint density at radius 1 is 1.09 bits per heavy atom. The number of benzene rings is 2. The van der Waals surface area contributed by atoms with Gasteiger partial charge >= 0.3 is 12.1 Å². The zero-order chi connectivity index (χ0) is 16.3. The Bertz CT molecular complexity index is 771. The lowest BCUT2D eigenvalue weighted by Crippen LogP contribution is -2.13. The van der Waals surface area contributed by atoms with Crippen molar-refractivity contribution < 1.29 is 19.1 Å². The molecule has 7 nitrogen and oxygen atoms in total. The van der Waals surface area contributed by atoms with Crippen molar-refractivity contribution in [1.29, 1.82) is 5.41 Å². The number of nitrogens with one attached hydrogen (secondary N) is 2. The molecule has 0 saturated carbocycles. The van der Waals surface area contributed by atoms with Gasteiger partial charge in [0.05, 0.1) is 25.5 Å². The fraction of sp³-hybridized carbons (Fsp3) is 0.133. The van der Waals surface area contributed by atoms with Crippen LogP contribution >= 0.6 is 0 Å². The molecule has 0 spiro atoms. The van der Waals surface area contributed by atoms with Gasteiger partial charge in [-0.2, -0.15) is 0 Å². The summed E-state index contributed by atoms with van der Waals surface area (Å²) in [5, 5.41) is 11.4. The molecule has 0 aliphatic carbocycles. The maximum atomic E-state index is 11.7. The third-order valence-corrected chi connectivity index (χ3v) is 3.11. The van der Waals surface area contributed by atoms with Gasteiger partial charge in [0.25, 0.3) is 0 Å². The monoisotopic (exact) mass is 301 g/mol. The van der Waals surface area contributed by atoms with Crippen molar-refractivity contribution in [2.24, 2.45) is 5.73 Å². The van der Waals surface area contributed by atoms with Gasteiger partial charge in [-0.25, -0.2) is 9.59 Å². The van der Waals surface area contributed by atoms with Crippen molar-refractivity contribution in [2.45, 2.75) is 0 Å². The quantitative estimate of drug-likeness (QED) is 0.456. The second-order valence-corrected chi connectivity index (χ2v) is 4.48. The molecule has 0 fully saturated rings. The number of amides is 1. The Morgan fingerprint density at radius 2 is 1.82 bits per heavy atom. The van der Waals surface area contributed by atoms with E-state index in [-0.39, 0.29) is 11.4 Å². The van der Waals surface area contributed by atoms with Crippen molar-refractivity contribution in [1.82, 2.24) is 0 Å². The first-order valence-electron chi connectivity index (χ1n) is 6.31. The second kappa shape index (κ2) is 6.13. The van der Waals surface area contributed by atoms with E-state index in [1.54, 1.807) is 24.3 Å². The Labute approximate surface area is 126 Å². The number of rotatable bonds is 3. The summed E-state index contributed by atoms with van der Waals surface area (Å²) in [5.41, 5.74) is 6.64. The fourth-order valence-corrected chi connectivity index (χ4v) is 2.03. The van der Waals surface area contributed by atoms with Crippen molar-refractivity contribution in [3.8, 4) is 0 Å². The highest BCUT2D eigenvalue weighted by molar-refractivity contribution is 6.08. The van der Waals surface area contributed by atoms with E-state index < -0.39 is 12.1 Å². The summed E-state index contributed by atoms with van der Waals surface area (Å²) in [6.07, 6.45) is -0.670. The predicted molar refractivity (Wildman–Crippen MR) is 82.3 cm³/mol. The van der Waals surface area contributed by atoms with E-state index >= 15 is 0 Å². The molecule has 0 bridgehead atoms. The van der Waals surface area contributed by atoms with E-state index in [1.165, 1.54) is 20.3 Å². The van der Waals surface area contributed by atoms with Gasteiger partial charge < -0.3 is 15.2 Å². The minimum Gasteiger partial charge on any atom is -0.465 e. The molecule has 0 aliphatic rings. The number of anilines is 1. The second-order valence-electron chi connectivity index (χ2n) is 4.48. The average molecular weight is 301 g/mol. The highest BCUT2D eigenvalue weighted by Crippen LogP contribution is 2.27. The number of amidine groups is 1. The van der Waals surface area contributed by atoms with Crippen LogP contribution in [-0.4, -0.2) is 32.1 Å². The molecule has 4 N–H and O–H groups in total. The SMILES string of the molecule is COC(=O)Nc1cc(C(=O)OC)cc2ccc(C(=N)N)cc12. The molecule has 0 unspecified atom stereocenters. The topological polar surface area (TPSA) is 114 Å². The zero-order valence-electron chi connectivity index (χ0n) is 12.1. The van der Waals surface area contributed by atoms with Crippen molar-refractivity contribution in [3.05, 3.63) is 41.5 Å². The summed E-state index contributed by atoms with van der Waals surface area (Å²) in [6.45, 7) is 0. The molecule has 2 rings (SSSR count). The van der Waals surface area contributed by atoms with Crippen LogP contribution in [0.3, 0.4) is 0 Å². The van der Waals surface area contributed by atoms with Gasteiger partial charge in [-0.15, -0.1) is 0 Å². The van der Waals surface area contributed by atoms with Crippen LogP contribution in [0, 0.1) is 5.41 Å². The first-order valence-corrected chi connectivity index (χ1v) is 6.31. The van der Waals surface area contributed by atoms with E-state index in [1.807, 2.05) is 0 Å². The summed E-state index contributed by atoms with van der Waals surface area (Å²) >= 11 is 0. The summed E-state index contributed by atoms with van der Waals surface area (Å²) in [6, 6.07) is 8.14. The molecular weight excluding hydrogens is 286 g/mol.